The lowest BCUT2D eigenvalue weighted by Gasteiger charge is -2.34. The van der Waals surface area contributed by atoms with E-state index in [1.807, 2.05) is 18.0 Å². The predicted molar refractivity (Wildman–Crippen MR) is 104 cm³/mol. The summed E-state index contributed by atoms with van der Waals surface area (Å²) in [5.74, 6) is 1.36. The van der Waals surface area contributed by atoms with Crippen LogP contribution in [0.1, 0.15) is 31.0 Å². The highest BCUT2D eigenvalue weighted by atomic mass is 16.5. The predicted octanol–water partition coefficient (Wildman–Crippen LogP) is 0.104. The number of piperazine rings is 1. The molecule has 4 atom stereocenters. The summed E-state index contributed by atoms with van der Waals surface area (Å²) < 4.78 is 11.1. The first-order chi connectivity index (χ1) is 13.7. The third kappa shape index (κ3) is 4.12. The van der Waals surface area contributed by atoms with Crippen molar-refractivity contribution in [2.45, 2.75) is 37.5 Å². The maximum Gasteiger partial charge on any atom is 0.241 e. The Morgan fingerprint density at radius 1 is 1.21 bits per heavy atom. The average molecular weight is 390 g/mol. The van der Waals surface area contributed by atoms with E-state index in [1.165, 1.54) is 0 Å². The SMILES string of the molecule is COCCOC1CCC2NNC(c3cc(N4CCN(C)C(=O)C4)ncn3)C2C1. The molecule has 1 aromatic rings. The van der Waals surface area contributed by atoms with Crippen molar-refractivity contribution < 1.29 is 14.3 Å². The lowest BCUT2D eigenvalue weighted by atomic mass is 9.79. The van der Waals surface area contributed by atoms with Crippen molar-refractivity contribution in [3.05, 3.63) is 18.1 Å². The summed E-state index contributed by atoms with van der Waals surface area (Å²) in [5.41, 5.74) is 7.84. The molecule has 28 heavy (non-hydrogen) atoms. The molecule has 0 radical (unpaired) electrons. The number of amides is 1. The minimum atomic E-state index is 0.115. The fourth-order valence-electron chi connectivity index (χ4n) is 4.42. The molecule has 9 heteroatoms. The Kier molecular flexibility index (Phi) is 6.05. The normalized spacial score (nSPS) is 30.6. The number of likely N-dealkylation sites (N-methyl/N-ethyl adjacent to an activating group) is 1. The molecule has 3 heterocycles. The zero-order chi connectivity index (χ0) is 19.5. The number of methoxy groups -OCH3 is 1. The molecule has 0 bridgehead atoms. The van der Waals surface area contributed by atoms with Gasteiger partial charge in [0.1, 0.15) is 12.1 Å². The van der Waals surface area contributed by atoms with Gasteiger partial charge in [-0.1, -0.05) is 0 Å². The van der Waals surface area contributed by atoms with E-state index in [4.69, 9.17) is 9.47 Å². The maximum atomic E-state index is 12.0. The van der Waals surface area contributed by atoms with E-state index in [0.29, 0.717) is 38.3 Å². The van der Waals surface area contributed by atoms with E-state index in [2.05, 4.69) is 20.8 Å². The monoisotopic (exact) mass is 390 g/mol. The summed E-state index contributed by atoms with van der Waals surface area (Å²) in [4.78, 5) is 24.8. The summed E-state index contributed by atoms with van der Waals surface area (Å²) in [6.07, 6.45) is 5.00. The van der Waals surface area contributed by atoms with Crippen molar-refractivity contribution in [2.75, 3.05) is 51.9 Å². The van der Waals surface area contributed by atoms with Crippen molar-refractivity contribution in [3.63, 3.8) is 0 Å². The number of hydrogen-bond donors (Lipinski definition) is 2. The van der Waals surface area contributed by atoms with E-state index in [-0.39, 0.29) is 18.1 Å². The van der Waals surface area contributed by atoms with Crippen LogP contribution < -0.4 is 15.8 Å². The average Bonchev–Trinajstić information content (AvgIpc) is 3.14. The molecule has 4 rings (SSSR count). The van der Waals surface area contributed by atoms with Crippen LogP contribution in [0.15, 0.2) is 12.4 Å². The summed E-state index contributed by atoms with van der Waals surface area (Å²) in [6.45, 7) is 3.14. The van der Waals surface area contributed by atoms with E-state index in [9.17, 15) is 4.79 Å². The molecule has 2 N–H and O–H groups in total. The molecule has 154 valence electrons. The highest BCUT2D eigenvalue weighted by molar-refractivity contribution is 5.82. The Bertz CT molecular complexity index is 689. The van der Waals surface area contributed by atoms with Crippen molar-refractivity contribution in [1.29, 1.82) is 0 Å². The van der Waals surface area contributed by atoms with Gasteiger partial charge in [-0.05, 0) is 19.3 Å². The summed E-state index contributed by atoms with van der Waals surface area (Å²) in [5, 5.41) is 0. The van der Waals surface area contributed by atoms with Gasteiger partial charge in [0.2, 0.25) is 5.91 Å². The van der Waals surface area contributed by atoms with Gasteiger partial charge in [-0.3, -0.25) is 10.2 Å². The Hall–Kier alpha value is -1.81. The van der Waals surface area contributed by atoms with E-state index in [0.717, 1.165) is 37.3 Å². The fourth-order valence-corrected chi connectivity index (χ4v) is 4.42. The molecule has 1 amide bonds. The van der Waals surface area contributed by atoms with E-state index >= 15 is 0 Å². The number of aromatic nitrogens is 2. The van der Waals surface area contributed by atoms with Crippen molar-refractivity contribution in [2.24, 2.45) is 5.92 Å². The van der Waals surface area contributed by atoms with Crippen LogP contribution >= 0.6 is 0 Å². The maximum absolute atomic E-state index is 12.0. The van der Waals surface area contributed by atoms with Crippen LogP contribution in [0.2, 0.25) is 0 Å². The van der Waals surface area contributed by atoms with E-state index in [1.54, 1.807) is 18.3 Å². The number of fused-ring (bicyclic) bond motifs is 1. The van der Waals surface area contributed by atoms with Crippen molar-refractivity contribution in [1.82, 2.24) is 25.7 Å². The second kappa shape index (κ2) is 8.69. The molecule has 4 unspecified atom stereocenters. The second-order valence-corrected chi connectivity index (χ2v) is 7.87. The van der Waals surface area contributed by atoms with Crippen LogP contribution in [0.25, 0.3) is 0 Å². The molecule has 2 aliphatic heterocycles. The third-order valence-corrected chi connectivity index (χ3v) is 6.12. The zero-order valence-electron chi connectivity index (χ0n) is 16.6. The summed E-state index contributed by atoms with van der Waals surface area (Å²) in [6, 6.07) is 2.56. The lowest BCUT2D eigenvalue weighted by molar-refractivity contribution is -0.129. The molecule has 1 saturated carbocycles. The molecular weight excluding hydrogens is 360 g/mol. The molecule has 9 nitrogen and oxygen atoms in total. The number of carbonyl (C=O) groups excluding carboxylic acids is 1. The Balaban J connectivity index is 1.44. The number of nitrogens with zero attached hydrogens (tertiary/aromatic N) is 4. The minimum Gasteiger partial charge on any atom is -0.382 e. The molecule has 2 saturated heterocycles. The van der Waals surface area contributed by atoms with Gasteiger partial charge in [0.25, 0.3) is 0 Å². The highest BCUT2D eigenvalue weighted by Gasteiger charge is 2.42. The first-order valence-electron chi connectivity index (χ1n) is 10.1. The second-order valence-electron chi connectivity index (χ2n) is 7.87. The molecule has 3 aliphatic rings. The highest BCUT2D eigenvalue weighted by Crippen LogP contribution is 2.38. The van der Waals surface area contributed by atoms with Crippen LogP contribution in [0.3, 0.4) is 0 Å². The smallest absolute Gasteiger partial charge is 0.241 e. The minimum absolute atomic E-state index is 0.115. The topological polar surface area (TPSA) is 91.9 Å². The fraction of sp³-hybridized carbons (Fsp3) is 0.737. The summed E-state index contributed by atoms with van der Waals surface area (Å²) >= 11 is 0. The molecule has 1 aromatic heterocycles. The third-order valence-electron chi connectivity index (χ3n) is 6.12. The van der Waals surface area contributed by atoms with Gasteiger partial charge in [0.15, 0.2) is 0 Å². The first-order valence-corrected chi connectivity index (χ1v) is 10.1. The molecule has 0 spiro atoms. The van der Waals surface area contributed by atoms with Gasteiger partial charge >= 0.3 is 0 Å². The lowest BCUT2D eigenvalue weighted by Crippen LogP contribution is -2.48. The van der Waals surface area contributed by atoms with Crippen LogP contribution in [0, 0.1) is 5.92 Å². The van der Waals surface area contributed by atoms with Crippen LogP contribution in [-0.2, 0) is 14.3 Å². The van der Waals surface area contributed by atoms with E-state index < -0.39 is 0 Å². The van der Waals surface area contributed by atoms with Crippen molar-refractivity contribution >= 4 is 11.7 Å². The van der Waals surface area contributed by atoms with Gasteiger partial charge in [0.05, 0.1) is 37.6 Å². The zero-order valence-corrected chi connectivity index (χ0v) is 16.6. The molecule has 0 aromatic carbocycles. The Labute approximate surface area is 165 Å². The largest absolute Gasteiger partial charge is 0.382 e. The van der Waals surface area contributed by atoms with Gasteiger partial charge in [-0.25, -0.2) is 15.4 Å². The molecule has 3 fully saturated rings. The Morgan fingerprint density at radius 3 is 2.93 bits per heavy atom. The van der Waals surface area contributed by atoms with Crippen molar-refractivity contribution in [3.8, 4) is 0 Å². The number of rotatable bonds is 6. The number of hydrazine groups is 1. The van der Waals surface area contributed by atoms with Gasteiger partial charge in [-0.15, -0.1) is 0 Å². The summed E-state index contributed by atoms with van der Waals surface area (Å²) in [7, 11) is 3.54. The quantitative estimate of drug-likeness (QED) is 0.661. The van der Waals surface area contributed by atoms with Crippen LogP contribution in [0.4, 0.5) is 5.82 Å². The number of nitrogens with one attached hydrogen (secondary N) is 2. The standard InChI is InChI=1S/C19H30N6O3/c1-24-5-6-25(11-18(24)26)17-10-16(20-12-21-17)19-14-9-13(28-8-7-27-2)3-4-15(14)22-23-19/h10,12-15,19,22-23H,3-9,11H2,1-2H3. The molecular formula is C19H30N6O3. The number of hydrogen-bond acceptors (Lipinski definition) is 8. The van der Waals surface area contributed by atoms with Gasteiger partial charge in [-0.2, -0.15) is 0 Å². The van der Waals surface area contributed by atoms with Gasteiger partial charge in [0, 0.05) is 45.3 Å². The van der Waals surface area contributed by atoms with Gasteiger partial charge < -0.3 is 19.3 Å². The number of ether oxygens (including phenoxy) is 2. The van der Waals surface area contributed by atoms with Crippen LogP contribution in [0.5, 0.6) is 0 Å². The Morgan fingerprint density at radius 2 is 2.11 bits per heavy atom. The van der Waals surface area contributed by atoms with Crippen LogP contribution in [-0.4, -0.2) is 79.9 Å². The number of carbonyl (C=O) groups is 1. The molecule has 1 aliphatic carbocycles. The number of anilines is 1. The first kappa shape index (κ1) is 19.5.